The van der Waals surface area contributed by atoms with Crippen LogP contribution in [0.5, 0.6) is 0 Å². The third-order valence-electron chi connectivity index (χ3n) is 4.21. The molecule has 2 amide bonds. The van der Waals surface area contributed by atoms with Crippen LogP contribution in [0, 0.1) is 11.8 Å². The van der Waals surface area contributed by atoms with Crippen LogP contribution in [-0.2, 0) is 9.59 Å². The number of azo groups is 1. The minimum atomic E-state index is -0.994. The average molecular weight is 252 g/mol. The Balaban J connectivity index is 2.21. The van der Waals surface area contributed by atoms with Gasteiger partial charge in [0.25, 0.3) is 0 Å². The number of rotatable bonds is 6. The maximum atomic E-state index is 11.5. The summed E-state index contributed by atoms with van der Waals surface area (Å²) in [5.74, 6) is -0.683. The molecular weight excluding hydrogens is 232 g/mol. The zero-order chi connectivity index (χ0) is 13.6. The maximum Gasteiger partial charge on any atom is 0.247 e. The van der Waals surface area contributed by atoms with Gasteiger partial charge in [-0.1, -0.05) is 0 Å². The fourth-order valence-corrected chi connectivity index (χ4v) is 2.16. The lowest BCUT2D eigenvalue weighted by Gasteiger charge is -2.24. The maximum absolute atomic E-state index is 11.5. The van der Waals surface area contributed by atoms with Gasteiger partial charge in [0.2, 0.25) is 11.8 Å². The molecule has 0 aliphatic heterocycles. The van der Waals surface area contributed by atoms with Crippen LogP contribution in [0.15, 0.2) is 10.2 Å². The number of carbonyl (C=O) groups excluding carboxylic acids is 2. The Morgan fingerprint density at radius 2 is 1.17 bits per heavy atom. The van der Waals surface area contributed by atoms with Gasteiger partial charge in [-0.2, -0.15) is 10.2 Å². The van der Waals surface area contributed by atoms with Crippen LogP contribution < -0.4 is 11.5 Å². The van der Waals surface area contributed by atoms with E-state index in [1.807, 2.05) is 0 Å². The van der Waals surface area contributed by atoms with Crippen LogP contribution in [0.25, 0.3) is 0 Å². The standard InChI is InChI=1S/C12H20N4O2/c1-11(9(13)17,7-3-4-7)15-16-12(2,10(14)18)8-5-6-8/h7-8H,3-6H2,1-2H3,(H2,13,17)(H2,14,18)/b16-15+. The molecule has 0 heterocycles. The minimum Gasteiger partial charge on any atom is -0.368 e. The lowest BCUT2D eigenvalue weighted by atomic mass is 9.95. The number of primary amides is 2. The van der Waals surface area contributed by atoms with Gasteiger partial charge in [-0.05, 0) is 51.4 Å². The van der Waals surface area contributed by atoms with Crippen LogP contribution in [0.3, 0.4) is 0 Å². The Morgan fingerprint density at radius 3 is 1.33 bits per heavy atom. The first-order valence-corrected chi connectivity index (χ1v) is 6.34. The highest BCUT2D eigenvalue weighted by atomic mass is 16.2. The van der Waals surface area contributed by atoms with Crippen molar-refractivity contribution in [3.63, 3.8) is 0 Å². The number of amides is 2. The molecule has 2 unspecified atom stereocenters. The van der Waals surface area contributed by atoms with Gasteiger partial charge in [-0.25, -0.2) is 0 Å². The lowest BCUT2D eigenvalue weighted by molar-refractivity contribution is -0.125. The van der Waals surface area contributed by atoms with Gasteiger partial charge in [0.05, 0.1) is 0 Å². The van der Waals surface area contributed by atoms with Gasteiger partial charge in [0.15, 0.2) is 11.1 Å². The monoisotopic (exact) mass is 252 g/mol. The summed E-state index contributed by atoms with van der Waals surface area (Å²) < 4.78 is 0. The Bertz CT molecular complexity index is 376. The summed E-state index contributed by atoms with van der Waals surface area (Å²) in [4.78, 5) is 23.1. The summed E-state index contributed by atoms with van der Waals surface area (Å²) in [5.41, 5.74) is 8.81. The summed E-state index contributed by atoms with van der Waals surface area (Å²) in [6.45, 7) is 3.37. The molecule has 2 fully saturated rings. The van der Waals surface area contributed by atoms with Crippen LogP contribution in [0.1, 0.15) is 39.5 Å². The summed E-state index contributed by atoms with van der Waals surface area (Å²) in [6.07, 6.45) is 3.70. The van der Waals surface area contributed by atoms with E-state index in [-0.39, 0.29) is 11.8 Å². The van der Waals surface area contributed by atoms with Gasteiger partial charge in [0.1, 0.15) is 0 Å². The highest BCUT2D eigenvalue weighted by Gasteiger charge is 2.50. The van der Waals surface area contributed by atoms with Gasteiger partial charge >= 0.3 is 0 Å². The molecule has 0 bridgehead atoms. The Hall–Kier alpha value is -1.46. The molecule has 6 nitrogen and oxygen atoms in total. The Labute approximate surface area is 106 Å². The normalized spacial score (nSPS) is 26.6. The largest absolute Gasteiger partial charge is 0.368 e. The summed E-state index contributed by atoms with van der Waals surface area (Å²) >= 11 is 0. The molecule has 0 spiro atoms. The first kappa shape index (κ1) is 13.0. The van der Waals surface area contributed by atoms with Crippen molar-refractivity contribution in [1.82, 2.24) is 0 Å². The topological polar surface area (TPSA) is 111 Å². The van der Waals surface area contributed by atoms with Crippen molar-refractivity contribution in [3.05, 3.63) is 0 Å². The van der Waals surface area contributed by atoms with Crippen LogP contribution in [0.2, 0.25) is 0 Å². The molecule has 4 N–H and O–H groups in total. The van der Waals surface area contributed by atoms with Crippen molar-refractivity contribution >= 4 is 11.8 Å². The van der Waals surface area contributed by atoms with E-state index in [1.54, 1.807) is 13.8 Å². The zero-order valence-electron chi connectivity index (χ0n) is 10.8. The van der Waals surface area contributed by atoms with Crippen LogP contribution in [0.4, 0.5) is 0 Å². The molecule has 2 aliphatic carbocycles. The highest BCUT2D eigenvalue weighted by Crippen LogP contribution is 2.45. The molecule has 0 aromatic rings. The number of carbonyl (C=O) groups is 2. The molecule has 2 aliphatic rings. The SMILES string of the molecule is CC(/N=N/C(C)(C(N)=O)C1CC1)(C(N)=O)C1CC1. The van der Waals surface area contributed by atoms with E-state index in [4.69, 9.17) is 11.5 Å². The van der Waals surface area contributed by atoms with E-state index in [0.29, 0.717) is 0 Å². The number of hydrogen-bond donors (Lipinski definition) is 2. The van der Waals surface area contributed by atoms with E-state index in [0.717, 1.165) is 25.7 Å². The molecule has 100 valence electrons. The van der Waals surface area contributed by atoms with E-state index in [2.05, 4.69) is 10.2 Å². The number of nitrogens with two attached hydrogens (primary N) is 2. The van der Waals surface area contributed by atoms with Gasteiger partial charge in [0, 0.05) is 0 Å². The van der Waals surface area contributed by atoms with E-state index >= 15 is 0 Å². The molecule has 2 rings (SSSR count). The Kier molecular flexibility index (Phi) is 2.91. The summed E-state index contributed by atoms with van der Waals surface area (Å²) in [7, 11) is 0. The van der Waals surface area contributed by atoms with Crippen molar-refractivity contribution < 1.29 is 9.59 Å². The predicted octanol–water partition coefficient (Wildman–Crippen LogP) is 0.747. The number of nitrogens with zero attached hydrogens (tertiary/aromatic N) is 2. The highest BCUT2D eigenvalue weighted by molar-refractivity contribution is 5.86. The smallest absolute Gasteiger partial charge is 0.247 e. The van der Waals surface area contributed by atoms with E-state index in [1.165, 1.54) is 0 Å². The summed E-state index contributed by atoms with van der Waals surface area (Å²) in [6, 6.07) is 0. The van der Waals surface area contributed by atoms with Crippen LogP contribution in [-0.4, -0.2) is 22.9 Å². The minimum absolute atomic E-state index is 0.148. The fourth-order valence-electron chi connectivity index (χ4n) is 2.16. The molecule has 2 saturated carbocycles. The first-order valence-electron chi connectivity index (χ1n) is 6.34. The van der Waals surface area contributed by atoms with Crippen molar-refractivity contribution in [1.29, 1.82) is 0 Å². The van der Waals surface area contributed by atoms with E-state index in [9.17, 15) is 9.59 Å². The molecule has 18 heavy (non-hydrogen) atoms. The number of hydrogen-bond acceptors (Lipinski definition) is 4. The summed E-state index contributed by atoms with van der Waals surface area (Å²) in [5, 5.41) is 8.24. The van der Waals surface area contributed by atoms with Gasteiger partial charge in [-0.3, -0.25) is 9.59 Å². The molecule has 0 saturated heterocycles. The molecular formula is C12H20N4O2. The second-order valence-corrected chi connectivity index (χ2v) is 5.77. The fraction of sp³-hybridized carbons (Fsp3) is 0.833. The second-order valence-electron chi connectivity index (χ2n) is 5.77. The molecule has 0 aromatic heterocycles. The van der Waals surface area contributed by atoms with Crippen LogP contribution >= 0.6 is 0 Å². The zero-order valence-corrected chi connectivity index (χ0v) is 10.8. The molecule has 2 atom stereocenters. The quantitative estimate of drug-likeness (QED) is 0.679. The third-order valence-corrected chi connectivity index (χ3v) is 4.21. The lowest BCUT2D eigenvalue weighted by Crippen LogP contribution is -2.44. The van der Waals surface area contributed by atoms with Crippen molar-refractivity contribution in [2.24, 2.45) is 33.5 Å². The first-order chi connectivity index (χ1) is 8.30. The predicted molar refractivity (Wildman–Crippen MR) is 65.5 cm³/mol. The van der Waals surface area contributed by atoms with Crippen molar-refractivity contribution in [2.45, 2.75) is 50.6 Å². The average Bonchev–Trinajstić information content (AvgIpc) is 3.17. The molecule has 0 radical (unpaired) electrons. The molecule has 6 heteroatoms. The van der Waals surface area contributed by atoms with Gasteiger partial charge < -0.3 is 11.5 Å². The van der Waals surface area contributed by atoms with Gasteiger partial charge in [-0.15, -0.1) is 0 Å². The Morgan fingerprint density at radius 1 is 0.889 bits per heavy atom. The van der Waals surface area contributed by atoms with Crippen molar-refractivity contribution in [3.8, 4) is 0 Å². The van der Waals surface area contributed by atoms with Crippen molar-refractivity contribution in [2.75, 3.05) is 0 Å². The molecule has 0 aromatic carbocycles. The van der Waals surface area contributed by atoms with E-state index < -0.39 is 22.9 Å². The second kappa shape index (κ2) is 4.03. The third kappa shape index (κ3) is 2.11.